The molecule has 0 aliphatic heterocycles. The number of hydrogen-bond donors (Lipinski definition) is 1. The maximum absolute atomic E-state index is 3.83. The number of hydrogen-bond acceptors (Lipinski definition) is 1. The topological polar surface area (TPSA) is 12.0 Å². The zero-order chi connectivity index (χ0) is 10.5. The molecule has 3 aliphatic carbocycles. The van der Waals surface area contributed by atoms with Gasteiger partial charge in [0.1, 0.15) is 0 Å². The van der Waals surface area contributed by atoms with E-state index in [9.17, 15) is 0 Å². The Hall–Kier alpha value is -0.0400. The Bertz CT molecular complexity index is 232. The minimum absolute atomic E-state index is 0.795. The fourth-order valence-corrected chi connectivity index (χ4v) is 3.31. The second-order valence-electron chi connectivity index (χ2n) is 6.69. The lowest BCUT2D eigenvalue weighted by Crippen LogP contribution is -2.45. The van der Waals surface area contributed by atoms with Crippen LogP contribution in [0.25, 0.3) is 0 Å². The molecule has 0 atom stereocenters. The molecule has 0 aromatic rings. The van der Waals surface area contributed by atoms with Crippen LogP contribution in [0.2, 0.25) is 0 Å². The smallest absolute Gasteiger partial charge is 0.00727 e. The summed E-state index contributed by atoms with van der Waals surface area (Å²) in [4.78, 5) is 0. The van der Waals surface area contributed by atoms with Crippen molar-refractivity contribution in [3.8, 4) is 0 Å². The van der Waals surface area contributed by atoms with Crippen LogP contribution in [0.4, 0.5) is 0 Å². The molecular formula is C14H25N. The molecule has 0 spiro atoms. The van der Waals surface area contributed by atoms with Gasteiger partial charge in [-0.2, -0.15) is 0 Å². The average molecular weight is 207 g/mol. The van der Waals surface area contributed by atoms with Gasteiger partial charge in [-0.15, -0.1) is 0 Å². The first kappa shape index (κ1) is 10.1. The van der Waals surface area contributed by atoms with Gasteiger partial charge in [-0.1, -0.05) is 13.8 Å². The van der Waals surface area contributed by atoms with Crippen LogP contribution >= 0.6 is 0 Å². The van der Waals surface area contributed by atoms with E-state index < -0.39 is 0 Å². The van der Waals surface area contributed by atoms with Crippen molar-refractivity contribution in [1.82, 2.24) is 5.32 Å². The van der Waals surface area contributed by atoms with Crippen molar-refractivity contribution in [3.63, 3.8) is 0 Å². The molecule has 15 heavy (non-hydrogen) atoms. The standard InChI is InChI=1S/C14H25N/c1-10(2)11-7-13(8-11)15-9-14(5-6-14)12-3-4-12/h10-13,15H,3-9H2,1-2H3. The monoisotopic (exact) mass is 207 g/mol. The second kappa shape index (κ2) is 3.48. The summed E-state index contributed by atoms with van der Waals surface area (Å²) in [6.45, 7) is 6.08. The van der Waals surface area contributed by atoms with E-state index in [4.69, 9.17) is 0 Å². The molecule has 0 unspecified atom stereocenters. The first-order valence-electron chi connectivity index (χ1n) is 6.93. The first-order valence-corrected chi connectivity index (χ1v) is 6.93. The van der Waals surface area contributed by atoms with Gasteiger partial charge in [0.15, 0.2) is 0 Å². The minimum atomic E-state index is 0.795. The van der Waals surface area contributed by atoms with Gasteiger partial charge >= 0.3 is 0 Å². The predicted molar refractivity (Wildman–Crippen MR) is 63.7 cm³/mol. The molecule has 3 aliphatic rings. The highest BCUT2D eigenvalue weighted by Crippen LogP contribution is 2.61. The van der Waals surface area contributed by atoms with Gasteiger partial charge in [-0.25, -0.2) is 0 Å². The Labute approximate surface area is 94.0 Å². The predicted octanol–water partition coefficient (Wildman–Crippen LogP) is 3.20. The van der Waals surface area contributed by atoms with Gasteiger partial charge in [-0.3, -0.25) is 0 Å². The lowest BCUT2D eigenvalue weighted by Gasteiger charge is -2.39. The third kappa shape index (κ3) is 1.95. The Morgan fingerprint density at radius 3 is 2.33 bits per heavy atom. The molecule has 0 saturated heterocycles. The molecule has 1 heteroatoms. The van der Waals surface area contributed by atoms with Gasteiger partial charge in [0.25, 0.3) is 0 Å². The third-order valence-corrected chi connectivity index (χ3v) is 5.20. The van der Waals surface area contributed by atoms with Crippen LogP contribution < -0.4 is 5.32 Å². The quantitative estimate of drug-likeness (QED) is 0.730. The molecule has 0 radical (unpaired) electrons. The van der Waals surface area contributed by atoms with Crippen molar-refractivity contribution in [3.05, 3.63) is 0 Å². The molecule has 0 bridgehead atoms. The highest BCUT2D eigenvalue weighted by atomic mass is 15.0. The largest absolute Gasteiger partial charge is 0.313 e. The van der Waals surface area contributed by atoms with Gasteiger partial charge in [-0.05, 0) is 61.7 Å². The summed E-state index contributed by atoms with van der Waals surface area (Å²) < 4.78 is 0. The van der Waals surface area contributed by atoms with Crippen LogP contribution in [0.5, 0.6) is 0 Å². The zero-order valence-corrected chi connectivity index (χ0v) is 10.3. The van der Waals surface area contributed by atoms with Crippen LogP contribution in [-0.2, 0) is 0 Å². The lowest BCUT2D eigenvalue weighted by atomic mass is 9.73. The van der Waals surface area contributed by atoms with Gasteiger partial charge in [0.2, 0.25) is 0 Å². The van der Waals surface area contributed by atoms with E-state index in [1.165, 1.54) is 45.1 Å². The zero-order valence-electron chi connectivity index (χ0n) is 10.3. The molecule has 3 fully saturated rings. The van der Waals surface area contributed by atoms with Gasteiger partial charge < -0.3 is 5.32 Å². The van der Waals surface area contributed by atoms with Crippen LogP contribution in [0, 0.1) is 23.2 Å². The summed E-state index contributed by atoms with van der Waals surface area (Å²) in [6, 6.07) is 0.869. The normalized spacial score (nSPS) is 37.8. The summed E-state index contributed by atoms with van der Waals surface area (Å²) >= 11 is 0. The van der Waals surface area contributed by atoms with E-state index in [1.54, 1.807) is 0 Å². The number of nitrogens with one attached hydrogen (secondary N) is 1. The summed E-state index contributed by atoms with van der Waals surface area (Å²) in [7, 11) is 0. The summed E-state index contributed by atoms with van der Waals surface area (Å²) in [5.41, 5.74) is 0.795. The van der Waals surface area contributed by atoms with Crippen LogP contribution in [0.15, 0.2) is 0 Å². The average Bonchev–Trinajstić information content (AvgIpc) is 2.96. The lowest BCUT2D eigenvalue weighted by molar-refractivity contribution is 0.160. The van der Waals surface area contributed by atoms with E-state index in [2.05, 4.69) is 19.2 Å². The summed E-state index contributed by atoms with van der Waals surface area (Å²) in [6.07, 6.45) is 8.98. The van der Waals surface area contributed by atoms with Crippen LogP contribution in [0.1, 0.15) is 52.4 Å². The van der Waals surface area contributed by atoms with Crippen molar-refractivity contribution in [1.29, 1.82) is 0 Å². The van der Waals surface area contributed by atoms with Gasteiger partial charge in [0.05, 0.1) is 0 Å². The SMILES string of the molecule is CC(C)C1CC(NCC2(C3CC3)CC2)C1. The van der Waals surface area contributed by atoms with E-state index in [0.717, 1.165) is 29.2 Å². The Balaban J connectivity index is 1.38. The fourth-order valence-electron chi connectivity index (χ4n) is 3.31. The van der Waals surface area contributed by atoms with Crippen molar-refractivity contribution in [2.45, 2.75) is 58.4 Å². The van der Waals surface area contributed by atoms with E-state index in [1.807, 2.05) is 0 Å². The van der Waals surface area contributed by atoms with Crippen molar-refractivity contribution >= 4 is 0 Å². The molecule has 0 aromatic carbocycles. The Morgan fingerprint density at radius 2 is 1.87 bits per heavy atom. The van der Waals surface area contributed by atoms with Crippen molar-refractivity contribution in [2.24, 2.45) is 23.2 Å². The minimum Gasteiger partial charge on any atom is -0.313 e. The van der Waals surface area contributed by atoms with Crippen molar-refractivity contribution < 1.29 is 0 Å². The molecule has 3 saturated carbocycles. The highest BCUT2D eigenvalue weighted by molar-refractivity contribution is 5.05. The van der Waals surface area contributed by atoms with Crippen LogP contribution in [0.3, 0.4) is 0 Å². The van der Waals surface area contributed by atoms with Crippen LogP contribution in [-0.4, -0.2) is 12.6 Å². The molecule has 0 amide bonds. The molecular weight excluding hydrogens is 182 g/mol. The maximum Gasteiger partial charge on any atom is 0.00727 e. The summed E-state index contributed by atoms with van der Waals surface area (Å²) in [5.74, 6) is 3.03. The second-order valence-corrected chi connectivity index (χ2v) is 6.69. The van der Waals surface area contributed by atoms with Crippen molar-refractivity contribution in [2.75, 3.05) is 6.54 Å². The number of rotatable bonds is 5. The molecule has 3 rings (SSSR count). The molecule has 1 N–H and O–H groups in total. The summed E-state index contributed by atoms with van der Waals surface area (Å²) in [5, 5.41) is 3.83. The van der Waals surface area contributed by atoms with E-state index in [0.29, 0.717) is 0 Å². The molecule has 0 aromatic heterocycles. The van der Waals surface area contributed by atoms with E-state index >= 15 is 0 Å². The third-order valence-electron chi connectivity index (χ3n) is 5.20. The molecule has 86 valence electrons. The Kier molecular flexibility index (Phi) is 2.35. The molecule has 0 heterocycles. The highest BCUT2D eigenvalue weighted by Gasteiger charge is 2.53. The maximum atomic E-state index is 3.83. The van der Waals surface area contributed by atoms with Gasteiger partial charge in [0, 0.05) is 12.6 Å². The molecule has 1 nitrogen and oxygen atoms in total. The van der Waals surface area contributed by atoms with E-state index in [-0.39, 0.29) is 0 Å². The fraction of sp³-hybridized carbons (Fsp3) is 1.00. The Morgan fingerprint density at radius 1 is 1.20 bits per heavy atom. The first-order chi connectivity index (χ1) is 7.20.